The van der Waals surface area contributed by atoms with Gasteiger partial charge in [0.1, 0.15) is 0 Å². The minimum Gasteiger partial charge on any atom is -0.356 e. The quantitative estimate of drug-likeness (QED) is 0.303. The highest BCUT2D eigenvalue weighted by molar-refractivity contribution is 14.0. The van der Waals surface area contributed by atoms with Crippen LogP contribution in [-0.2, 0) is 23.3 Å². The molecule has 31 heavy (non-hydrogen) atoms. The molecule has 1 aliphatic carbocycles. The summed E-state index contributed by atoms with van der Waals surface area (Å²) in [4.78, 5) is 18.3. The van der Waals surface area contributed by atoms with Crippen LogP contribution in [0.25, 0.3) is 0 Å². The van der Waals surface area contributed by atoms with E-state index < -0.39 is 0 Å². The summed E-state index contributed by atoms with van der Waals surface area (Å²) in [5.41, 5.74) is 3.82. The number of likely N-dealkylation sites (tertiary alicyclic amines) is 1. The first-order valence-corrected chi connectivity index (χ1v) is 11.0. The number of nitrogens with zero attached hydrogens (tertiary/aromatic N) is 2. The van der Waals surface area contributed by atoms with Crippen LogP contribution in [0.2, 0.25) is 5.02 Å². The van der Waals surface area contributed by atoms with Crippen LogP contribution in [0.4, 0.5) is 0 Å². The summed E-state index contributed by atoms with van der Waals surface area (Å²) < 4.78 is 0. The first kappa shape index (κ1) is 23.9. The van der Waals surface area contributed by atoms with Gasteiger partial charge in [-0.25, -0.2) is 0 Å². The Hall–Kier alpha value is -1.80. The van der Waals surface area contributed by atoms with Crippen molar-refractivity contribution in [3.63, 3.8) is 0 Å². The maximum absolute atomic E-state index is 12.0. The number of nitrogens with one attached hydrogen (secondary N) is 2. The van der Waals surface area contributed by atoms with Gasteiger partial charge in [0.05, 0.1) is 0 Å². The Bertz CT molecular complexity index is 945. The maximum atomic E-state index is 12.0. The molecule has 4 rings (SSSR count). The summed E-state index contributed by atoms with van der Waals surface area (Å²) in [6.45, 7) is 3.04. The number of carbonyl (C=O) groups excluding carboxylic acids is 1. The number of hydrogen-bond donors (Lipinski definition) is 2. The molecule has 2 aromatic rings. The number of benzene rings is 2. The van der Waals surface area contributed by atoms with Gasteiger partial charge in [0.15, 0.2) is 5.96 Å². The highest BCUT2D eigenvalue weighted by Crippen LogP contribution is 2.48. The van der Waals surface area contributed by atoms with Gasteiger partial charge in [0.2, 0.25) is 5.91 Å². The van der Waals surface area contributed by atoms with Crippen LogP contribution >= 0.6 is 35.6 Å². The van der Waals surface area contributed by atoms with Crippen LogP contribution in [0.1, 0.15) is 42.4 Å². The molecule has 0 radical (unpaired) electrons. The Morgan fingerprint density at radius 1 is 1.13 bits per heavy atom. The van der Waals surface area contributed by atoms with Crippen molar-refractivity contribution in [1.29, 1.82) is 0 Å². The van der Waals surface area contributed by atoms with Crippen LogP contribution in [0, 0.1) is 0 Å². The average Bonchev–Trinajstić information content (AvgIpc) is 3.45. The number of aliphatic imine (C=N–C) groups is 1. The molecule has 2 fully saturated rings. The number of halogens is 2. The standard InChI is InChI=1S/C24H29ClN4O.HI/c1-26-23(28-17-24(11-12-24)20-8-4-9-21(25)14-20)27-15-18-6-2-3-7-19(18)16-29-13-5-10-22(29)30;/h2-4,6-9,14H,5,10-13,15-17H2,1H3,(H2,26,27,28);1H. The second-order valence-electron chi connectivity index (χ2n) is 8.26. The van der Waals surface area contributed by atoms with Crippen molar-refractivity contribution < 1.29 is 4.79 Å². The number of carbonyl (C=O) groups is 1. The largest absolute Gasteiger partial charge is 0.356 e. The molecule has 166 valence electrons. The molecule has 0 aromatic heterocycles. The van der Waals surface area contributed by atoms with Crippen LogP contribution < -0.4 is 10.6 Å². The normalized spacial score (nSPS) is 17.3. The molecule has 2 aliphatic rings. The van der Waals surface area contributed by atoms with Crippen molar-refractivity contribution in [2.45, 2.75) is 44.2 Å². The van der Waals surface area contributed by atoms with Crippen molar-refractivity contribution in [1.82, 2.24) is 15.5 Å². The molecule has 5 nitrogen and oxygen atoms in total. The number of amides is 1. The van der Waals surface area contributed by atoms with E-state index >= 15 is 0 Å². The van der Waals surface area contributed by atoms with Gasteiger partial charge in [-0.3, -0.25) is 9.79 Å². The molecule has 1 aliphatic heterocycles. The van der Waals surface area contributed by atoms with Gasteiger partial charge in [-0.2, -0.15) is 0 Å². The molecular weight excluding hydrogens is 523 g/mol. The van der Waals surface area contributed by atoms with E-state index in [1.54, 1.807) is 7.05 Å². The lowest BCUT2D eigenvalue weighted by Crippen LogP contribution is -2.41. The molecule has 0 unspecified atom stereocenters. The van der Waals surface area contributed by atoms with E-state index in [0.717, 1.165) is 43.3 Å². The van der Waals surface area contributed by atoms with Crippen molar-refractivity contribution in [2.24, 2.45) is 4.99 Å². The molecule has 2 aromatic carbocycles. The van der Waals surface area contributed by atoms with Crippen LogP contribution in [0.3, 0.4) is 0 Å². The third-order valence-corrected chi connectivity index (χ3v) is 6.44. The summed E-state index contributed by atoms with van der Waals surface area (Å²) in [7, 11) is 1.79. The highest BCUT2D eigenvalue weighted by atomic mass is 127. The van der Waals surface area contributed by atoms with Gasteiger partial charge in [0, 0.05) is 50.1 Å². The zero-order chi connectivity index (χ0) is 21.0. The lowest BCUT2D eigenvalue weighted by atomic mass is 9.96. The second kappa shape index (κ2) is 10.7. The Morgan fingerprint density at radius 2 is 1.90 bits per heavy atom. The first-order valence-electron chi connectivity index (χ1n) is 10.6. The molecule has 1 amide bonds. The van der Waals surface area contributed by atoms with Crippen molar-refractivity contribution in [2.75, 3.05) is 20.1 Å². The molecule has 1 heterocycles. The summed E-state index contributed by atoms with van der Waals surface area (Å²) in [5, 5.41) is 7.71. The molecular formula is C24H30ClIN4O. The van der Waals surface area contributed by atoms with E-state index in [0.29, 0.717) is 19.5 Å². The predicted molar refractivity (Wildman–Crippen MR) is 137 cm³/mol. The van der Waals surface area contributed by atoms with E-state index in [4.69, 9.17) is 11.6 Å². The van der Waals surface area contributed by atoms with E-state index in [9.17, 15) is 4.79 Å². The van der Waals surface area contributed by atoms with Crippen LogP contribution in [-0.4, -0.2) is 36.9 Å². The average molecular weight is 553 g/mol. The van der Waals surface area contributed by atoms with E-state index in [2.05, 4.69) is 39.9 Å². The third-order valence-electron chi connectivity index (χ3n) is 6.21. The molecule has 1 saturated carbocycles. The van der Waals surface area contributed by atoms with Gasteiger partial charge < -0.3 is 15.5 Å². The van der Waals surface area contributed by atoms with Gasteiger partial charge in [-0.1, -0.05) is 48.0 Å². The topological polar surface area (TPSA) is 56.7 Å². The van der Waals surface area contributed by atoms with Gasteiger partial charge in [-0.15, -0.1) is 24.0 Å². The smallest absolute Gasteiger partial charge is 0.222 e. The monoisotopic (exact) mass is 552 g/mol. The minimum atomic E-state index is 0. The number of rotatable bonds is 7. The molecule has 0 bridgehead atoms. The van der Waals surface area contributed by atoms with Gasteiger partial charge in [0.25, 0.3) is 0 Å². The third kappa shape index (κ3) is 5.92. The zero-order valence-electron chi connectivity index (χ0n) is 17.9. The minimum absolute atomic E-state index is 0. The Labute approximate surface area is 206 Å². The Balaban J connectivity index is 0.00000272. The summed E-state index contributed by atoms with van der Waals surface area (Å²) in [5.74, 6) is 1.04. The lowest BCUT2D eigenvalue weighted by molar-refractivity contribution is -0.128. The molecule has 0 atom stereocenters. The molecule has 2 N–H and O–H groups in total. The van der Waals surface area contributed by atoms with E-state index in [1.807, 2.05) is 29.2 Å². The molecule has 1 saturated heterocycles. The predicted octanol–water partition coefficient (Wildman–Crippen LogP) is 4.48. The van der Waals surface area contributed by atoms with E-state index in [-0.39, 0.29) is 35.3 Å². The summed E-state index contributed by atoms with van der Waals surface area (Å²) in [6.07, 6.45) is 3.95. The van der Waals surface area contributed by atoms with Gasteiger partial charge in [-0.05, 0) is 48.1 Å². The maximum Gasteiger partial charge on any atom is 0.222 e. The van der Waals surface area contributed by atoms with Crippen LogP contribution in [0.5, 0.6) is 0 Å². The van der Waals surface area contributed by atoms with Gasteiger partial charge >= 0.3 is 0 Å². The Kier molecular flexibility index (Phi) is 8.22. The fraction of sp³-hybridized carbons (Fsp3) is 0.417. The highest BCUT2D eigenvalue weighted by Gasteiger charge is 2.44. The zero-order valence-corrected chi connectivity index (χ0v) is 21.0. The fourth-order valence-electron chi connectivity index (χ4n) is 4.15. The SMILES string of the molecule is CN=C(NCc1ccccc1CN1CCCC1=O)NCC1(c2cccc(Cl)c2)CC1.I. The summed E-state index contributed by atoms with van der Waals surface area (Å²) in [6, 6.07) is 16.5. The van der Waals surface area contributed by atoms with Crippen molar-refractivity contribution in [3.8, 4) is 0 Å². The Morgan fingerprint density at radius 3 is 2.55 bits per heavy atom. The van der Waals surface area contributed by atoms with Crippen molar-refractivity contribution >= 4 is 47.4 Å². The fourth-order valence-corrected chi connectivity index (χ4v) is 4.34. The first-order chi connectivity index (χ1) is 14.6. The van der Waals surface area contributed by atoms with E-state index in [1.165, 1.54) is 16.7 Å². The lowest BCUT2D eigenvalue weighted by Gasteiger charge is -2.21. The van der Waals surface area contributed by atoms with Crippen LogP contribution in [0.15, 0.2) is 53.5 Å². The molecule has 7 heteroatoms. The number of hydrogen-bond acceptors (Lipinski definition) is 2. The molecule has 0 spiro atoms. The summed E-state index contributed by atoms with van der Waals surface area (Å²) >= 11 is 6.19. The van der Waals surface area contributed by atoms with Crippen molar-refractivity contribution in [3.05, 3.63) is 70.2 Å². The second-order valence-corrected chi connectivity index (χ2v) is 8.69. The number of guanidine groups is 1.